The predicted octanol–water partition coefficient (Wildman–Crippen LogP) is 12.2. The van der Waals surface area contributed by atoms with Crippen LogP contribution < -0.4 is 0 Å². The molecule has 9 aromatic rings. The molecule has 0 atom stereocenters. The fourth-order valence-corrected chi connectivity index (χ4v) is 6.81. The maximum absolute atomic E-state index is 4.98. The van der Waals surface area contributed by atoms with Crippen molar-refractivity contribution < 1.29 is 0 Å². The van der Waals surface area contributed by atoms with Crippen molar-refractivity contribution in [1.82, 2.24) is 15.0 Å². The number of rotatable bonds is 6. The van der Waals surface area contributed by atoms with Crippen molar-refractivity contribution in [2.75, 3.05) is 0 Å². The molecular weight excluding hydrogens is 607 g/mol. The van der Waals surface area contributed by atoms with E-state index < -0.39 is 0 Å². The molecule has 0 unspecified atom stereocenters. The van der Waals surface area contributed by atoms with Crippen LogP contribution >= 0.6 is 0 Å². The van der Waals surface area contributed by atoms with Gasteiger partial charge in [-0.05, 0) is 96.9 Å². The van der Waals surface area contributed by atoms with Crippen LogP contribution in [-0.4, -0.2) is 15.0 Å². The van der Waals surface area contributed by atoms with Gasteiger partial charge in [-0.1, -0.05) is 140 Å². The lowest BCUT2D eigenvalue weighted by molar-refractivity contribution is 1.22. The van der Waals surface area contributed by atoms with Crippen LogP contribution in [-0.2, 0) is 0 Å². The van der Waals surface area contributed by atoms with Crippen LogP contribution in [0.1, 0.15) is 0 Å². The molecule has 0 bridgehead atoms. The SMILES string of the molecule is c1ccc(-c2cc(-c3ccccn3)nc(-c3ccc(-c4ccc(-c5ccc(-c6cc7ccccc7c7ccccc67)cc5)cc4)cn3)c2)cc1. The Labute approximate surface area is 291 Å². The molecule has 50 heavy (non-hydrogen) atoms. The van der Waals surface area contributed by atoms with Crippen molar-refractivity contribution in [3.8, 4) is 67.3 Å². The number of hydrogen-bond acceptors (Lipinski definition) is 3. The van der Waals surface area contributed by atoms with Gasteiger partial charge in [-0.25, -0.2) is 4.98 Å². The van der Waals surface area contributed by atoms with E-state index in [1.807, 2.05) is 30.5 Å². The first kappa shape index (κ1) is 29.4. The van der Waals surface area contributed by atoms with E-state index in [0.717, 1.165) is 45.0 Å². The van der Waals surface area contributed by atoms with E-state index in [-0.39, 0.29) is 0 Å². The lowest BCUT2D eigenvalue weighted by Gasteiger charge is -2.12. The van der Waals surface area contributed by atoms with Gasteiger partial charge < -0.3 is 0 Å². The van der Waals surface area contributed by atoms with E-state index in [0.29, 0.717) is 0 Å². The lowest BCUT2D eigenvalue weighted by atomic mass is 9.92. The van der Waals surface area contributed by atoms with Gasteiger partial charge in [0.25, 0.3) is 0 Å². The Morgan fingerprint density at radius 1 is 0.300 bits per heavy atom. The Hall–Kier alpha value is -6.71. The van der Waals surface area contributed by atoms with Crippen molar-refractivity contribution in [2.45, 2.75) is 0 Å². The molecule has 3 nitrogen and oxygen atoms in total. The Bertz CT molecular complexity index is 2540. The highest BCUT2D eigenvalue weighted by Crippen LogP contribution is 2.36. The van der Waals surface area contributed by atoms with Crippen molar-refractivity contribution in [1.29, 1.82) is 0 Å². The second-order valence-corrected chi connectivity index (χ2v) is 12.5. The second-order valence-electron chi connectivity index (χ2n) is 12.5. The first-order valence-electron chi connectivity index (χ1n) is 16.8. The van der Waals surface area contributed by atoms with Gasteiger partial charge in [-0.2, -0.15) is 0 Å². The zero-order chi connectivity index (χ0) is 33.3. The molecule has 234 valence electrons. The topological polar surface area (TPSA) is 38.7 Å². The first-order valence-corrected chi connectivity index (χ1v) is 16.8. The highest BCUT2D eigenvalue weighted by atomic mass is 14.8. The molecule has 0 amide bonds. The summed E-state index contributed by atoms with van der Waals surface area (Å²) < 4.78 is 0. The van der Waals surface area contributed by atoms with Crippen LogP contribution in [0.3, 0.4) is 0 Å². The van der Waals surface area contributed by atoms with Crippen molar-refractivity contribution >= 4 is 21.5 Å². The summed E-state index contributed by atoms with van der Waals surface area (Å²) in [7, 11) is 0. The molecule has 0 aliphatic heterocycles. The zero-order valence-corrected chi connectivity index (χ0v) is 27.2. The quantitative estimate of drug-likeness (QED) is 0.170. The van der Waals surface area contributed by atoms with Gasteiger partial charge in [0.2, 0.25) is 0 Å². The van der Waals surface area contributed by atoms with Crippen LogP contribution in [0.15, 0.2) is 188 Å². The summed E-state index contributed by atoms with van der Waals surface area (Å²) in [5.41, 5.74) is 12.5. The summed E-state index contributed by atoms with van der Waals surface area (Å²) in [6.45, 7) is 0. The second kappa shape index (κ2) is 12.7. The maximum Gasteiger partial charge on any atom is 0.0900 e. The van der Waals surface area contributed by atoms with Gasteiger partial charge >= 0.3 is 0 Å². The summed E-state index contributed by atoms with van der Waals surface area (Å²) in [6, 6.07) is 61.9. The summed E-state index contributed by atoms with van der Waals surface area (Å²) in [4.78, 5) is 14.4. The van der Waals surface area contributed by atoms with Crippen LogP contribution in [0.5, 0.6) is 0 Å². The van der Waals surface area contributed by atoms with Crippen molar-refractivity contribution in [2.24, 2.45) is 0 Å². The first-order chi connectivity index (χ1) is 24.8. The molecule has 9 rings (SSSR count). The minimum atomic E-state index is 0.814. The summed E-state index contributed by atoms with van der Waals surface area (Å²) in [5, 5.41) is 5.11. The van der Waals surface area contributed by atoms with E-state index in [1.165, 1.54) is 43.8 Å². The molecule has 3 heteroatoms. The summed E-state index contributed by atoms with van der Waals surface area (Å²) in [6.07, 6.45) is 3.73. The Morgan fingerprint density at radius 2 is 0.840 bits per heavy atom. The average molecular weight is 638 g/mol. The molecular formula is C47H31N3. The third kappa shape index (κ3) is 5.61. The van der Waals surface area contributed by atoms with Crippen LogP contribution in [0.2, 0.25) is 0 Å². The Balaban J connectivity index is 0.985. The number of nitrogens with zero attached hydrogens (tertiary/aromatic N) is 3. The lowest BCUT2D eigenvalue weighted by Crippen LogP contribution is -1.94. The molecule has 6 aromatic carbocycles. The van der Waals surface area contributed by atoms with Crippen LogP contribution in [0, 0.1) is 0 Å². The fourth-order valence-electron chi connectivity index (χ4n) is 6.81. The number of hydrogen-bond donors (Lipinski definition) is 0. The largest absolute Gasteiger partial charge is 0.255 e. The third-order valence-corrected chi connectivity index (χ3v) is 9.40. The summed E-state index contributed by atoms with van der Waals surface area (Å²) >= 11 is 0. The van der Waals surface area contributed by atoms with E-state index in [1.54, 1.807) is 6.20 Å². The minimum absolute atomic E-state index is 0.814. The summed E-state index contributed by atoms with van der Waals surface area (Å²) in [5.74, 6) is 0. The monoisotopic (exact) mass is 637 g/mol. The standard InChI is InChI=1S/C47H31N3/c1-2-10-32(11-3-1)39-29-46(44-16-8-9-27-48-44)50-47(30-39)45-26-25-38(31-49-45)35-19-17-33(18-20-35)34-21-23-36(24-22-34)43-28-37-12-4-5-13-40(37)41-14-6-7-15-42(41)43/h1-31H. The van der Waals surface area contributed by atoms with Gasteiger partial charge in [0.1, 0.15) is 0 Å². The predicted molar refractivity (Wildman–Crippen MR) is 207 cm³/mol. The van der Waals surface area contributed by atoms with Gasteiger partial charge in [0, 0.05) is 18.0 Å². The zero-order valence-electron chi connectivity index (χ0n) is 27.2. The van der Waals surface area contributed by atoms with Gasteiger partial charge in [-0.15, -0.1) is 0 Å². The number of fused-ring (bicyclic) bond motifs is 3. The van der Waals surface area contributed by atoms with Gasteiger partial charge in [-0.3, -0.25) is 9.97 Å². The van der Waals surface area contributed by atoms with Crippen molar-refractivity contribution in [3.05, 3.63) is 188 Å². The Morgan fingerprint density at radius 3 is 1.50 bits per heavy atom. The van der Waals surface area contributed by atoms with Crippen molar-refractivity contribution in [3.63, 3.8) is 0 Å². The fraction of sp³-hybridized carbons (Fsp3) is 0. The number of aromatic nitrogens is 3. The van der Waals surface area contributed by atoms with E-state index in [4.69, 9.17) is 9.97 Å². The highest BCUT2D eigenvalue weighted by Gasteiger charge is 2.12. The van der Waals surface area contributed by atoms with E-state index in [9.17, 15) is 0 Å². The molecule has 0 saturated carbocycles. The van der Waals surface area contributed by atoms with E-state index >= 15 is 0 Å². The van der Waals surface area contributed by atoms with Crippen LogP contribution in [0.4, 0.5) is 0 Å². The van der Waals surface area contributed by atoms with E-state index in [2.05, 4.69) is 157 Å². The maximum atomic E-state index is 4.98. The third-order valence-electron chi connectivity index (χ3n) is 9.40. The highest BCUT2D eigenvalue weighted by molar-refractivity contribution is 6.13. The molecule has 3 aromatic heterocycles. The molecule has 0 saturated heterocycles. The van der Waals surface area contributed by atoms with Gasteiger partial charge in [0.15, 0.2) is 0 Å². The molecule has 3 heterocycles. The molecule has 0 N–H and O–H groups in total. The molecule has 0 fully saturated rings. The Kier molecular flexibility index (Phi) is 7.49. The molecule has 0 aliphatic rings. The number of pyridine rings is 3. The average Bonchev–Trinajstić information content (AvgIpc) is 3.21. The molecule has 0 spiro atoms. The molecule has 0 aliphatic carbocycles. The minimum Gasteiger partial charge on any atom is -0.255 e. The number of benzene rings is 6. The van der Waals surface area contributed by atoms with Crippen LogP contribution in [0.25, 0.3) is 88.8 Å². The normalized spacial score (nSPS) is 11.2. The smallest absolute Gasteiger partial charge is 0.0900 e. The molecule has 0 radical (unpaired) electrons. The van der Waals surface area contributed by atoms with Gasteiger partial charge in [0.05, 0.1) is 22.8 Å².